The van der Waals surface area contributed by atoms with Crippen LogP contribution in [0.3, 0.4) is 0 Å². The van der Waals surface area contributed by atoms with Gasteiger partial charge in [-0.2, -0.15) is 0 Å². The molecule has 0 aromatic heterocycles. The number of benzene rings is 1. The Morgan fingerprint density at radius 3 is 2.61 bits per heavy atom. The van der Waals surface area contributed by atoms with Gasteiger partial charge in [-0.05, 0) is 0 Å². The highest BCUT2D eigenvalue weighted by Crippen LogP contribution is 2.06. The Bertz CT molecular complexity index is 431. The van der Waals surface area contributed by atoms with E-state index in [-0.39, 0.29) is 11.7 Å². The predicted octanol–water partition coefficient (Wildman–Crippen LogP) is 1.03. The molecule has 4 nitrogen and oxygen atoms in total. The number of ketones is 1. The van der Waals surface area contributed by atoms with Crippen LogP contribution in [0.15, 0.2) is 30.3 Å². The lowest BCUT2D eigenvalue weighted by Crippen LogP contribution is -2.48. The van der Waals surface area contributed by atoms with Crippen molar-refractivity contribution in [1.29, 1.82) is 0 Å². The SMILES string of the molecule is CN1CCN(CCC(=O)c2ccccc2)CC1=O. The lowest BCUT2D eigenvalue weighted by atomic mass is 10.1. The largest absolute Gasteiger partial charge is 0.343 e. The molecule has 0 unspecified atom stereocenters. The van der Waals surface area contributed by atoms with E-state index < -0.39 is 0 Å². The maximum Gasteiger partial charge on any atom is 0.236 e. The van der Waals surface area contributed by atoms with E-state index in [0.29, 0.717) is 19.5 Å². The maximum atomic E-state index is 11.9. The van der Waals surface area contributed by atoms with Crippen molar-refractivity contribution in [3.05, 3.63) is 35.9 Å². The van der Waals surface area contributed by atoms with Crippen molar-refractivity contribution < 1.29 is 9.59 Å². The third-order valence-electron chi connectivity index (χ3n) is 3.29. The molecule has 0 bridgehead atoms. The van der Waals surface area contributed by atoms with E-state index in [1.807, 2.05) is 42.3 Å². The molecule has 1 aromatic carbocycles. The van der Waals surface area contributed by atoms with Gasteiger partial charge in [0.05, 0.1) is 6.54 Å². The standard InChI is InChI=1S/C14H18N2O2/c1-15-9-10-16(11-14(15)18)8-7-13(17)12-5-3-2-4-6-12/h2-6H,7-11H2,1H3. The Morgan fingerprint density at radius 1 is 1.22 bits per heavy atom. The molecule has 1 heterocycles. The molecule has 1 saturated heterocycles. The first kappa shape index (κ1) is 12.8. The van der Waals surface area contributed by atoms with Crippen molar-refractivity contribution in [2.24, 2.45) is 0 Å². The van der Waals surface area contributed by atoms with E-state index in [4.69, 9.17) is 0 Å². The van der Waals surface area contributed by atoms with Gasteiger partial charge in [-0.3, -0.25) is 14.5 Å². The zero-order chi connectivity index (χ0) is 13.0. The van der Waals surface area contributed by atoms with Crippen LogP contribution in [0.25, 0.3) is 0 Å². The maximum absolute atomic E-state index is 11.9. The minimum absolute atomic E-state index is 0.133. The molecule has 1 aliphatic heterocycles. The van der Waals surface area contributed by atoms with Crippen LogP contribution in [0.5, 0.6) is 0 Å². The summed E-state index contributed by atoms with van der Waals surface area (Å²) in [5, 5.41) is 0. The van der Waals surface area contributed by atoms with Crippen LogP contribution in [0.2, 0.25) is 0 Å². The number of hydrogen-bond donors (Lipinski definition) is 0. The third-order valence-corrected chi connectivity index (χ3v) is 3.29. The topological polar surface area (TPSA) is 40.6 Å². The molecule has 0 N–H and O–H groups in total. The molecule has 0 spiro atoms. The molecule has 1 aromatic rings. The fourth-order valence-corrected chi connectivity index (χ4v) is 2.03. The summed E-state index contributed by atoms with van der Waals surface area (Å²) in [4.78, 5) is 27.2. The lowest BCUT2D eigenvalue weighted by molar-refractivity contribution is -0.134. The highest BCUT2D eigenvalue weighted by Gasteiger charge is 2.21. The summed E-state index contributed by atoms with van der Waals surface area (Å²) in [7, 11) is 1.81. The second-order valence-corrected chi connectivity index (χ2v) is 4.63. The highest BCUT2D eigenvalue weighted by atomic mass is 16.2. The molecule has 1 aliphatic rings. The highest BCUT2D eigenvalue weighted by molar-refractivity contribution is 5.96. The van der Waals surface area contributed by atoms with Crippen LogP contribution >= 0.6 is 0 Å². The zero-order valence-electron chi connectivity index (χ0n) is 10.6. The fraction of sp³-hybridized carbons (Fsp3) is 0.429. The number of carbonyl (C=O) groups is 2. The van der Waals surface area contributed by atoms with Crippen LogP contribution in [-0.2, 0) is 4.79 Å². The van der Waals surface area contributed by atoms with Gasteiger partial charge < -0.3 is 4.90 Å². The Balaban J connectivity index is 1.82. The third kappa shape index (κ3) is 3.17. The van der Waals surface area contributed by atoms with Gasteiger partial charge in [-0.1, -0.05) is 30.3 Å². The van der Waals surface area contributed by atoms with Crippen LogP contribution in [0, 0.1) is 0 Å². The Labute approximate surface area is 107 Å². The van der Waals surface area contributed by atoms with E-state index in [2.05, 4.69) is 0 Å². The molecule has 2 rings (SSSR count). The monoisotopic (exact) mass is 246 g/mol. The molecular weight excluding hydrogens is 228 g/mol. The molecule has 18 heavy (non-hydrogen) atoms. The van der Waals surface area contributed by atoms with Gasteiger partial charge in [-0.25, -0.2) is 0 Å². The van der Waals surface area contributed by atoms with Crippen molar-refractivity contribution in [2.45, 2.75) is 6.42 Å². The first-order valence-corrected chi connectivity index (χ1v) is 6.21. The van der Waals surface area contributed by atoms with Crippen LogP contribution < -0.4 is 0 Å². The van der Waals surface area contributed by atoms with Crippen LogP contribution in [-0.4, -0.2) is 54.7 Å². The van der Waals surface area contributed by atoms with Gasteiger partial charge in [0, 0.05) is 38.7 Å². The van der Waals surface area contributed by atoms with E-state index in [1.165, 1.54) is 0 Å². The second-order valence-electron chi connectivity index (χ2n) is 4.63. The summed E-state index contributed by atoms with van der Waals surface area (Å²) in [6.07, 6.45) is 0.473. The molecule has 1 amide bonds. The molecule has 0 radical (unpaired) electrons. The van der Waals surface area contributed by atoms with Gasteiger partial charge in [0.2, 0.25) is 5.91 Å². The Morgan fingerprint density at radius 2 is 1.94 bits per heavy atom. The van der Waals surface area contributed by atoms with E-state index in [1.54, 1.807) is 4.90 Å². The summed E-state index contributed by atoms with van der Waals surface area (Å²) in [5.41, 5.74) is 0.748. The number of hydrogen-bond acceptors (Lipinski definition) is 3. The number of rotatable bonds is 4. The summed E-state index contributed by atoms with van der Waals surface area (Å²) in [6, 6.07) is 9.30. The molecule has 0 saturated carbocycles. The number of Topliss-reactive ketones (excluding diaryl/α,β-unsaturated/α-hetero) is 1. The number of nitrogens with zero attached hydrogens (tertiary/aromatic N) is 2. The first-order valence-electron chi connectivity index (χ1n) is 6.21. The number of likely N-dealkylation sites (N-methyl/N-ethyl adjacent to an activating group) is 1. The molecule has 1 fully saturated rings. The van der Waals surface area contributed by atoms with E-state index in [0.717, 1.165) is 18.7 Å². The van der Waals surface area contributed by atoms with Crippen molar-refractivity contribution >= 4 is 11.7 Å². The number of amides is 1. The number of carbonyl (C=O) groups excluding carboxylic acids is 2. The second kappa shape index (κ2) is 5.78. The average molecular weight is 246 g/mol. The first-order chi connectivity index (χ1) is 8.66. The lowest BCUT2D eigenvalue weighted by Gasteiger charge is -2.31. The van der Waals surface area contributed by atoms with Crippen molar-refractivity contribution in [3.8, 4) is 0 Å². The van der Waals surface area contributed by atoms with E-state index in [9.17, 15) is 9.59 Å². The number of piperazine rings is 1. The summed E-state index contributed by atoms with van der Waals surface area (Å²) in [5.74, 6) is 0.274. The van der Waals surface area contributed by atoms with E-state index >= 15 is 0 Å². The average Bonchev–Trinajstić information content (AvgIpc) is 2.41. The van der Waals surface area contributed by atoms with Crippen LogP contribution in [0.1, 0.15) is 16.8 Å². The minimum atomic E-state index is 0.133. The molecule has 0 atom stereocenters. The summed E-state index contributed by atoms with van der Waals surface area (Å²) >= 11 is 0. The Hall–Kier alpha value is -1.68. The Kier molecular flexibility index (Phi) is 4.10. The van der Waals surface area contributed by atoms with Crippen molar-refractivity contribution in [2.75, 3.05) is 33.2 Å². The smallest absolute Gasteiger partial charge is 0.236 e. The predicted molar refractivity (Wildman–Crippen MR) is 69.5 cm³/mol. The normalized spacial score (nSPS) is 16.9. The van der Waals surface area contributed by atoms with Gasteiger partial charge in [0.1, 0.15) is 0 Å². The van der Waals surface area contributed by atoms with Crippen molar-refractivity contribution in [1.82, 2.24) is 9.80 Å². The minimum Gasteiger partial charge on any atom is -0.343 e. The van der Waals surface area contributed by atoms with Gasteiger partial charge in [0.25, 0.3) is 0 Å². The van der Waals surface area contributed by atoms with Crippen LogP contribution in [0.4, 0.5) is 0 Å². The molecule has 4 heteroatoms. The zero-order valence-corrected chi connectivity index (χ0v) is 10.6. The summed E-state index contributed by atoms with van der Waals surface area (Å²) in [6.45, 7) is 2.69. The summed E-state index contributed by atoms with van der Waals surface area (Å²) < 4.78 is 0. The quantitative estimate of drug-likeness (QED) is 0.745. The molecule has 0 aliphatic carbocycles. The van der Waals surface area contributed by atoms with Gasteiger partial charge >= 0.3 is 0 Å². The van der Waals surface area contributed by atoms with Gasteiger partial charge in [0.15, 0.2) is 5.78 Å². The van der Waals surface area contributed by atoms with Crippen molar-refractivity contribution in [3.63, 3.8) is 0 Å². The molecule has 96 valence electrons. The fourth-order valence-electron chi connectivity index (χ4n) is 2.03. The molecular formula is C14H18N2O2. The van der Waals surface area contributed by atoms with Gasteiger partial charge in [-0.15, -0.1) is 0 Å².